The average molecular weight is 482 g/mol. The van der Waals surface area contributed by atoms with Crippen LogP contribution >= 0.6 is 0 Å². The van der Waals surface area contributed by atoms with Crippen LogP contribution in [0.25, 0.3) is 33.9 Å². The van der Waals surface area contributed by atoms with E-state index in [1.54, 1.807) is 24.3 Å². The number of nitrogens with zero attached hydrogens (tertiary/aromatic N) is 4. The van der Waals surface area contributed by atoms with Crippen LogP contribution < -0.4 is 5.32 Å². The van der Waals surface area contributed by atoms with Gasteiger partial charge in [-0.2, -0.15) is 0 Å². The molecule has 0 aliphatic rings. The third-order valence-corrected chi connectivity index (χ3v) is 5.95. The maximum atomic E-state index is 13.1. The van der Waals surface area contributed by atoms with Crippen LogP contribution in [0, 0.1) is 6.92 Å². The minimum Gasteiger partial charge on any atom is -0.416 e. The highest BCUT2D eigenvalue weighted by molar-refractivity contribution is 6.04. The van der Waals surface area contributed by atoms with Crippen molar-refractivity contribution in [1.82, 2.24) is 19.7 Å². The minimum absolute atomic E-state index is 0.242. The van der Waals surface area contributed by atoms with E-state index in [9.17, 15) is 4.79 Å². The van der Waals surface area contributed by atoms with Gasteiger partial charge >= 0.3 is 0 Å². The lowest BCUT2D eigenvalue weighted by Gasteiger charge is -2.10. The molecule has 8 heteroatoms. The number of ether oxygens (including phenoxy) is 1. The molecule has 3 aromatic carbocycles. The normalized spacial score (nSPS) is 11.2. The van der Waals surface area contributed by atoms with E-state index in [2.05, 4.69) is 20.5 Å². The number of aryl methyl sites for hydroxylation is 2. The number of amides is 1. The van der Waals surface area contributed by atoms with E-state index in [-0.39, 0.29) is 5.91 Å². The van der Waals surface area contributed by atoms with E-state index < -0.39 is 0 Å². The second kappa shape index (κ2) is 10.5. The smallest absolute Gasteiger partial charge is 0.257 e. The Morgan fingerprint density at radius 2 is 1.72 bits per heavy atom. The van der Waals surface area contributed by atoms with Crippen molar-refractivity contribution in [3.05, 3.63) is 83.9 Å². The van der Waals surface area contributed by atoms with Crippen molar-refractivity contribution in [1.29, 1.82) is 0 Å². The van der Waals surface area contributed by atoms with Gasteiger partial charge in [0.1, 0.15) is 0 Å². The van der Waals surface area contributed by atoms with Crippen LogP contribution in [0.3, 0.4) is 0 Å². The molecule has 0 spiro atoms. The highest BCUT2D eigenvalue weighted by Crippen LogP contribution is 2.26. The number of fused-ring (bicyclic) bond motifs is 1. The van der Waals surface area contributed by atoms with Gasteiger partial charge in [-0.15, -0.1) is 10.2 Å². The summed E-state index contributed by atoms with van der Waals surface area (Å²) in [4.78, 5) is 17.7. The summed E-state index contributed by atoms with van der Waals surface area (Å²) >= 11 is 0. The van der Waals surface area contributed by atoms with E-state index in [1.807, 2.05) is 66.9 Å². The Morgan fingerprint density at radius 1 is 0.972 bits per heavy atom. The van der Waals surface area contributed by atoms with Crippen LogP contribution in [0.1, 0.15) is 29.3 Å². The van der Waals surface area contributed by atoms with Crippen LogP contribution in [-0.2, 0) is 11.3 Å². The summed E-state index contributed by atoms with van der Waals surface area (Å²) in [6.45, 7) is 6.00. The molecule has 0 saturated carbocycles. The second-order valence-electron chi connectivity index (χ2n) is 8.39. The molecule has 0 bridgehead atoms. The molecule has 1 amide bonds. The average Bonchev–Trinajstić information content (AvgIpc) is 3.52. The Kier molecular flexibility index (Phi) is 6.86. The zero-order valence-electron chi connectivity index (χ0n) is 20.3. The van der Waals surface area contributed by atoms with Crippen molar-refractivity contribution < 1.29 is 13.9 Å². The predicted octanol–water partition coefficient (Wildman–Crippen LogP) is 5.74. The van der Waals surface area contributed by atoms with E-state index in [1.165, 1.54) is 0 Å². The van der Waals surface area contributed by atoms with Crippen molar-refractivity contribution in [2.45, 2.75) is 26.8 Å². The fourth-order valence-electron chi connectivity index (χ4n) is 4.07. The molecule has 0 saturated heterocycles. The number of hydrogen-bond donors (Lipinski definition) is 1. The van der Waals surface area contributed by atoms with E-state index in [0.29, 0.717) is 43.1 Å². The lowest BCUT2D eigenvalue weighted by atomic mass is 10.1. The van der Waals surface area contributed by atoms with Gasteiger partial charge in [0.25, 0.3) is 5.91 Å². The van der Waals surface area contributed by atoms with Gasteiger partial charge in [0.2, 0.25) is 17.7 Å². The number of carbonyl (C=O) groups is 1. The highest BCUT2D eigenvalue weighted by Gasteiger charge is 2.16. The van der Waals surface area contributed by atoms with Gasteiger partial charge in [0.05, 0.1) is 11.0 Å². The summed E-state index contributed by atoms with van der Waals surface area (Å²) in [5.74, 6) is 1.14. The van der Waals surface area contributed by atoms with Gasteiger partial charge in [-0.3, -0.25) is 10.1 Å². The first-order valence-electron chi connectivity index (χ1n) is 12.0. The molecular weight excluding hydrogens is 454 g/mol. The van der Waals surface area contributed by atoms with Gasteiger partial charge in [0, 0.05) is 36.4 Å². The van der Waals surface area contributed by atoms with Crippen molar-refractivity contribution in [3.63, 3.8) is 0 Å². The maximum absolute atomic E-state index is 13.1. The Morgan fingerprint density at radius 3 is 2.53 bits per heavy atom. The number of nitrogens with one attached hydrogen (secondary N) is 1. The van der Waals surface area contributed by atoms with Gasteiger partial charge in [-0.25, -0.2) is 4.98 Å². The van der Waals surface area contributed by atoms with Crippen molar-refractivity contribution in [2.75, 3.05) is 18.5 Å². The largest absolute Gasteiger partial charge is 0.416 e. The monoisotopic (exact) mass is 481 g/mol. The number of carbonyl (C=O) groups excluding carboxylic acids is 1. The number of imidazole rings is 1. The molecule has 0 unspecified atom stereocenters. The first-order chi connectivity index (χ1) is 17.6. The van der Waals surface area contributed by atoms with Crippen LogP contribution in [0.4, 0.5) is 5.95 Å². The van der Waals surface area contributed by atoms with Crippen LogP contribution in [0.15, 0.2) is 77.2 Å². The zero-order chi connectivity index (χ0) is 24.9. The Bertz CT molecular complexity index is 1490. The zero-order valence-corrected chi connectivity index (χ0v) is 20.3. The highest BCUT2D eigenvalue weighted by atomic mass is 16.5. The first kappa shape index (κ1) is 23.4. The fraction of sp³-hybridized carbons (Fsp3) is 0.214. The number of anilines is 1. The fourth-order valence-corrected chi connectivity index (χ4v) is 4.07. The molecule has 0 atom stereocenters. The predicted molar refractivity (Wildman–Crippen MR) is 139 cm³/mol. The molecule has 36 heavy (non-hydrogen) atoms. The molecule has 8 nitrogen and oxygen atoms in total. The molecular formula is C28H27N5O3. The van der Waals surface area contributed by atoms with Gasteiger partial charge < -0.3 is 13.7 Å². The molecule has 1 N–H and O–H groups in total. The van der Waals surface area contributed by atoms with Crippen molar-refractivity contribution >= 4 is 22.9 Å². The molecule has 0 radical (unpaired) electrons. The molecule has 2 heterocycles. The van der Waals surface area contributed by atoms with Gasteiger partial charge in [-0.05, 0) is 68.3 Å². The van der Waals surface area contributed by atoms with Crippen LogP contribution in [0.2, 0.25) is 0 Å². The summed E-state index contributed by atoms with van der Waals surface area (Å²) in [5, 5.41) is 11.3. The summed E-state index contributed by atoms with van der Waals surface area (Å²) in [6, 6.07) is 22.8. The minimum atomic E-state index is -0.242. The van der Waals surface area contributed by atoms with Gasteiger partial charge in [-0.1, -0.05) is 30.3 Å². The number of hydrogen-bond acceptors (Lipinski definition) is 6. The Hall–Kier alpha value is -4.30. The Balaban J connectivity index is 1.33. The van der Waals surface area contributed by atoms with Crippen molar-refractivity contribution in [2.24, 2.45) is 0 Å². The van der Waals surface area contributed by atoms with Crippen LogP contribution in [0.5, 0.6) is 0 Å². The molecule has 2 aromatic heterocycles. The summed E-state index contributed by atoms with van der Waals surface area (Å²) in [5.41, 5.74) is 5.01. The number of rotatable bonds is 9. The molecule has 0 fully saturated rings. The molecule has 5 aromatic rings. The lowest BCUT2D eigenvalue weighted by molar-refractivity contribution is 0.102. The molecule has 182 valence electrons. The van der Waals surface area contributed by atoms with Crippen molar-refractivity contribution in [3.8, 4) is 22.9 Å². The van der Waals surface area contributed by atoms with E-state index >= 15 is 0 Å². The number of benzene rings is 3. The number of para-hydroxylation sites is 2. The molecule has 0 aliphatic carbocycles. The SMILES string of the molecule is CCOCCCn1c(NC(=O)c2ccc(-c3nnc(-c4ccccc4C)o3)cc2)nc2ccccc21. The Labute approximate surface area is 209 Å². The molecule has 0 aliphatic heterocycles. The van der Waals surface area contributed by atoms with Gasteiger partial charge in [0.15, 0.2) is 0 Å². The van der Waals surface area contributed by atoms with E-state index in [0.717, 1.165) is 34.1 Å². The first-order valence-corrected chi connectivity index (χ1v) is 12.0. The standard InChI is InChI=1S/C28H27N5O3/c1-3-35-18-8-17-33-24-12-7-6-11-23(24)29-28(33)30-25(34)20-13-15-21(16-14-20)26-31-32-27(36-26)22-10-5-4-9-19(22)2/h4-7,9-16H,3,8,17-18H2,1-2H3,(H,29,30,34). The summed E-state index contributed by atoms with van der Waals surface area (Å²) < 4.78 is 13.4. The quantitative estimate of drug-likeness (QED) is 0.270. The second-order valence-corrected chi connectivity index (χ2v) is 8.39. The lowest BCUT2D eigenvalue weighted by Crippen LogP contribution is -2.16. The van der Waals surface area contributed by atoms with E-state index in [4.69, 9.17) is 9.15 Å². The number of aromatic nitrogens is 4. The third-order valence-electron chi connectivity index (χ3n) is 5.95. The summed E-state index contributed by atoms with van der Waals surface area (Å²) in [7, 11) is 0. The summed E-state index contributed by atoms with van der Waals surface area (Å²) in [6.07, 6.45) is 0.820. The topological polar surface area (TPSA) is 95.1 Å². The molecule has 5 rings (SSSR count). The third kappa shape index (κ3) is 4.89. The van der Waals surface area contributed by atoms with Crippen LogP contribution in [-0.4, -0.2) is 38.9 Å². The maximum Gasteiger partial charge on any atom is 0.257 e.